The van der Waals surface area contributed by atoms with Crippen LogP contribution in [0.3, 0.4) is 0 Å². The highest BCUT2D eigenvalue weighted by Crippen LogP contribution is 2.17. The van der Waals surface area contributed by atoms with Crippen molar-refractivity contribution in [2.75, 3.05) is 13.2 Å². The summed E-state index contributed by atoms with van der Waals surface area (Å²) in [6, 6.07) is 0. The number of nitrogens with zero attached hydrogens (tertiary/aromatic N) is 1. The van der Waals surface area contributed by atoms with Crippen molar-refractivity contribution in [3.63, 3.8) is 0 Å². The lowest BCUT2D eigenvalue weighted by atomic mass is 10.4. The zero-order chi connectivity index (χ0) is 8.10. The van der Waals surface area contributed by atoms with Gasteiger partial charge >= 0.3 is 0 Å². The van der Waals surface area contributed by atoms with E-state index in [-0.39, 0.29) is 6.10 Å². The van der Waals surface area contributed by atoms with Crippen LogP contribution in [0, 0.1) is 0 Å². The van der Waals surface area contributed by atoms with Crippen LogP contribution in [0.25, 0.3) is 0 Å². The Kier molecular flexibility index (Phi) is 3.48. The Balaban J connectivity index is 2.56. The molecule has 0 spiro atoms. The van der Waals surface area contributed by atoms with Crippen molar-refractivity contribution < 1.29 is 4.74 Å². The van der Waals surface area contributed by atoms with E-state index in [2.05, 4.69) is 4.98 Å². The van der Waals surface area contributed by atoms with Crippen LogP contribution in [-0.2, 0) is 4.74 Å². The number of hydrogen-bond donors (Lipinski definition) is 1. The van der Waals surface area contributed by atoms with E-state index in [0.717, 1.165) is 5.01 Å². The monoisotopic (exact) mass is 172 g/mol. The molecule has 1 heterocycles. The molecule has 1 aromatic rings. The van der Waals surface area contributed by atoms with Gasteiger partial charge in [-0.1, -0.05) is 0 Å². The van der Waals surface area contributed by atoms with Crippen LogP contribution in [-0.4, -0.2) is 18.1 Å². The molecule has 0 aromatic carbocycles. The van der Waals surface area contributed by atoms with Gasteiger partial charge in [-0.15, -0.1) is 11.3 Å². The van der Waals surface area contributed by atoms with Crippen molar-refractivity contribution in [3.05, 3.63) is 16.6 Å². The fraction of sp³-hybridized carbons (Fsp3) is 0.571. The average Bonchev–Trinajstić information content (AvgIpc) is 2.52. The lowest BCUT2D eigenvalue weighted by Gasteiger charge is -2.10. The van der Waals surface area contributed by atoms with Gasteiger partial charge in [-0.3, -0.25) is 0 Å². The molecular formula is C7H12N2OS. The molecule has 3 nitrogen and oxygen atoms in total. The summed E-state index contributed by atoms with van der Waals surface area (Å²) in [5.41, 5.74) is 5.49. The van der Waals surface area contributed by atoms with Crippen molar-refractivity contribution >= 4 is 11.3 Å². The maximum Gasteiger partial charge on any atom is 0.123 e. The second-order valence-corrected chi connectivity index (χ2v) is 2.98. The number of thiazole rings is 1. The Morgan fingerprint density at radius 2 is 2.64 bits per heavy atom. The van der Waals surface area contributed by atoms with Crippen LogP contribution in [0.5, 0.6) is 0 Å². The Labute approximate surface area is 70.2 Å². The third-order valence-electron chi connectivity index (χ3n) is 1.31. The first-order valence-electron chi connectivity index (χ1n) is 3.59. The summed E-state index contributed by atoms with van der Waals surface area (Å²) in [6.45, 7) is 3.14. The zero-order valence-corrected chi connectivity index (χ0v) is 7.30. The summed E-state index contributed by atoms with van der Waals surface area (Å²) < 4.78 is 5.36. The van der Waals surface area contributed by atoms with E-state index in [1.54, 1.807) is 17.5 Å². The van der Waals surface area contributed by atoms with Gasteiger partial charge in [-0.2, -0.15) is 0 Å². The van der Waals surface area contributed by atoms with Crippen molar-refractivity contribution in [1.82, 2.24) is 4.98 Å². The van der Waals surface area contributed by atoms with Crippen molar-refractivity contribution in [1.29, 1.82) is 0 Å². The van der Waals surface area contributed by atoms with Crippen molar-refractivity contribution in [3.8, 4) is 0 Å². The topological polar surface area (TPSA) is 48.1 Å². The molecule has 62 valence electrons. The highest BCUT2D eigenvalue weighted by Gasteiger charge is 2.10. The lowest BCUT2D eigenvalue weighted by molar-refractivity contribution is 0.0686. The van der Waals surface area contributed by atoms with E-state index >= 15 is 0 Å². The second-order valence-electron chi connectivity index (χ2n) is 2.05. The van der Waals surface area contributed by atoms with Gasteiger partial charge < -0.3 is 10.5 Å². The minimum absolute atomic E-state index is 0.0139. The van der Waals surface area contributed by atoms with Crippen LogP contribution in [0.2, 0.25) is 0 Å². The maximum atomic E-state index is 5.49. The van der Waals surface area contributed by atoms with Gasteiger partial charge in [-0.05, 0) is 6.92 Å². The van der Waals surface area contributed by atoms with Gasteiger partial charge in [0.1, 0.15) is 11.1 Å². The van der Waals surface area contributed by atoms with E-state index < -0.39 is 0 Å². The van der Waals surface area contributed by atoms with E-state index in [0.29, 0.717) is 13.2 Å². The summed E-state index contributed by atoms with van der Waals surface area (Å²) in [6.07, 6.45) is 1.75. The smallest absolute Gasteiger partial charge is 0.123 e. The van der Waals surface area contributed by atoms with E-state index in [1.165, 1.54) is 0 Å². The maximum absolute atomic E-state index is 5.49. The Morgan fingerprint density at radius 1 is 1.82 bits per heavy atom. The fourth-order valence-corrected chi connectivity index (χ4v) is 1.53. The third kappa shape index (κ3) is 2.25. The molecule has 1 aromatic heterocycles. The highest BCUT2D eigenvalue weighted by molar-refractivity contribution is 7.09. The predicted octanol–water partition coefficient (Wildman–Crippen LogP) is 1.18. The van der Waals surface area contributed by atoms with Crippen LogP contribution in [0.15, 0.2) is 11.6 Å². The molecule has 1 rings (SSSR count). The Hall–Kier alpha value is -0.450. The van der Waals surface area contributed by atoms with Crippen LogP contribution in [0.4, 0.5) is 0 Å². The van der Waals surface area contributed by atoms with Crippen LogP contribution in [0.1, 0.15) is 18.0 Å². The summed E-state index contributed by atoms with van der Waals surface area (Å²) in [4.78, 5) is 4.12. The van der Waals surface area contributed by atoms with Gasteiger partial charge in [-0.25, -0.2) is 4.98 Å². The minimum Gasteiger partial charge on any atom is -0.370 e. The number of aromatic nitrogens is 1. The number of rotatable bonds is 4. The van der Waals surface area contributed by atoms with Crippen molar-refractivity contribution in [2.45, 2.75) is 13.0 Å². The van der Waals surface area contributed by atoms with Crippen LogP contribution >= 0.6 is 11.3 Å². The largest absolute Gasteiger partial charge is 0.370 e. The first-order valence-corrected chi connectivity index (χ1v) is 4.47. The molecule has 0 amide bonds. The molecule has 2 N–H and O–H groups in total. The molecule has 1 atom stereocenters. The molecule has 1 unspecified atom stereocenters. The number of nitrogens with two attached hydrogens (primary N) is 1. The highest BCUT2D eigenvalue weighted by atomic mass is 32.1. The molecule has 0 saturated heterocycles. The van der Waals surface area contributed by atoms with Crippen molar-refractivity contribution in [2.24, 2.45) is 5.73 Å². The lowest BCUT2D eigenvalue weighted by Crippen LogP contribution is -2.15. The number of ether oxygens (including phenoxy) is 1. The summed E-state index contributed by atoms with van der Waals surface area (Å²) in [5.74, 6) is 0. The SMILES string of the molecule is CCOC(CN)c1nccs1. The quantitative estimate of drug-likeness (QED) is 0.742. The summed E-state index contributed by atoms with van der Waals surface area (Å²) in [5, 5.41) is 2.89. The van der Waals surface area contributed by atoms with Gasteiger partial charge in [0.05, 0.1) is 0 Å². The van der Waals surface area contributed by atoms with Gasteiger partial charge in [0, 0.05) is 24.7 Å². The Morgan fingerprint density at radius 3 is 3.09 bits per heavy atom. The molecule has 0 aliphatic rings. The Bertz CT molecular complexity index is 188. The third-order valence-corrected chi connectivity index (χ3v) is 2.18. The van der Waals surface area contributed by atoms with E-state index in [9.17, 15) is 0 Å². The first-order chi connectivity index (χ1) is 5.38. The molecule has 11 heavy (non-hydrogen) atoms. The molecule has 0 bridgehead atoms. The minimum atomic E-state index is -0.0139. The molecule has 0 radical (unpaired) electrons. The van der Waals surface area contributed by atoms with E-state index in [1.807, 2.05) is 12.3 Å². The molecule has 0 saturated carbocycles. The molecule has 0 fully saturated rings. The average molecular weight is 172 g/mol. The molecule has 4 heteroatoms. The second kappa shape index (κ2) is 4.43. The van der Waals surface area contributed by atoms with Gasteiger partial charge in [0.25, 0.3) is 0 Å². The number of hydrogen-bond acceptors (Lipinski definition) is 4. The van der Waals surface area contributed by atoms with E-state index in [4.69, 9.17) is 10.5 Å². The zero-order valence-electron chi connectivity index (χ0n) is 6.49. The standard InChI is InChI=1S/C7H12N2OS/c1-2-10-6(5-8)7-9-3-4-11-7/h3-4,6H,2,5,8H2,1H3. The predicted molar refractivity (Wildman–Crippen MR) is 45.5 cm³/mol. The van der Waals surface area contributed by atoms with Gasteiger partial charge in [0.2, 0.25) is 0 Å². The molecular weight excluding hydrogens is 160 g/mol. The molecule has 0 aliphatic heterocycles. The summed E-state index contributed by atoms with van der Waals surface area (Å²) >= 11 is 1.58. The normalized spacial score (nSPS) is 13.3. The fourth-order valence-electron chi connectivity index (χ4n) is 0.835. The summed E-state index contributed by atoms with van der Waals surface area (Å²) in [7, 11) is 0. The molecule has 0 aliphatic carbocycles. The van der Waals surface area contributed by atoms with Crippen LogP contribution < -0.4 is 5.73 Å². The first kappa shape index (κ1) is 8.64. The van der Waals surface area contributed by atoms with Gasteiger partial charge in [0.15, 0.2) is 0 Å².